The second-order valence-corrected chi connectivity index (χ2v) is 8.71. The van der Waals surface area contributed by atoms with Gasteiger partial charge in [0.1, 0.15) is 0 Å². The summed E-state index contributed by atoms with van der Waals surface area (Å²) in [5.41, 5.74) is 2.89. The molecule has 1 aromatic carbocycles. The van der Waals surface area contributed by atoms with Gasteiger partial charge in [-0.3, -0.25) is 9.78 Å². The SMILES string of the molecule is CS(=O)(=O)NC1CCN(C(=O)c2cc(-c3ccncc3)nc3ccccc23)C1. The van der Waals surface area contributed by atoms with Crippen LogP contribution in [0.1, 0.15) is 16.8 Å². The monoisotopic (exact) mass is 396 g/mol. The standard InChI is InChI=1S/C20H20N4O3S/c1-28(26,27)23-15-8-11-24(13-15)20(25)17-12-19(14-6-9-21-10-7-14)22-18-5-3-2-4-16(17)18/h2-7,9-10,12,15,23H,8,11,13H2,1H3. The third-order valence-electron chi connectivity index (χ3n) is 4.78. The number of nitrogens with zero attached hydrogens (tertiary/aromatic N) is 3. The Bertz CT molecular complexity index is 1130. The molecular formula is C20H20N4O3S. The van der Waals surface area contributed by atoms with Gasteiger partial charge in [0.05, 0.1) is 23.0 Å². The van der Waals surface area contributed by atoms with Gasteiger partial charge in [0.2, 0.25) is 10.0 Å². The van der Waals surface area contributed by atoms with Crippen molar-refractivity contribution < 1.29 is 13.2 Å². The van der Waals surface area contributed by atoms with E-state index in [4.69, 9.17) is 0 Å². The number of fused-ring (bicyclic) bond motifs is 1. The van der Waals surface area contributed by atoms with Gasteiger partial charge in [0.15, 0.2) is 0 Å². The van der Waals surface area contributed by atoms with E-state index in [1.807, 2.05) is 36.4 Å². The van der Waals surface area contributed by atoms with Crippen molar-refractivity contribution in [2.75, 3.05) is 19.3 Å². The van der Waals surface area contributed by atoms with Gasteiger partial charge < -0.3 is 4.90 Å². The average molecular weight is 396 g/mol. The van der Waals surface area contributed by atoms with E-state index in [0.29, 0.717) is 30.8 Å². The fourth-order valence-corrected chi connectivity index (χ4v) is 4.33. The van der Waals surface area contributed by atoms with Crippen LogP contribution in [0.3, 0.4) is 0 Å². The summed E-state index contributed by atoms with van der Waals surface area (Å²) in [5.74, 6) is -0.119. The molecule has 0 saturated carbocycles. The second kappa shape index (κ2) is 7.29. The van der Waals surface area contributed by atoms with Crippen LogP contribution in [0.15, 0.2) is 54.9 Å². The van der Waals surface area contributed by atoms with Crippen LogP contribution in [0.5, 0.6) is 0 Å². The number of amides is 1. The maximum absolute atomic E-state index is 13.3. The van der Waals surface area contributed by atoms with Gasteiger partial charge in [-0.15, -0.1) is 0 Å². The molecule has 1 atom stereocenters. The van der Waals surface area contributed by atoms with Crippen molar-refractivity contribution in [1.82, 2.24) is 19.6 Å². The van der Waals surface area contributed by atoms with Gasteiger partial charge in [-0.2, -0.15) is 0 Å². The van der Waals surface area contributed by atoms with E-state index < -0.39 is 10.0 Å². The Morgan fingerprint density at radius 3 is 2.68 bits per heavy atom. The number of pyridine rings is 2. The summed E-state index contributed by atoms with van der Waals surface area (Å²) in [6, 6.07) is 12.8. The summed E-state index contributed by atoms with van der Waals surface area (Å²) >= 11 is 0. The van der Waals surface area contributed by atoms with E-state index in [9.17, 15) is 13.2 Å². The number of carbonyl (C=O) groups excluding carboxylic acids is 1. The fraction of sp³-hybridized carbons (Fsp3) is 0.250. The van der Waals surface area contributed by atoms with Crippen molar-refractivity contribution in [3.8, 4) is 11.3 Å². The number of likely N-dealkylation sites (tertiary alicyclic amines) is 1. The first-order valence-corrected chi connectivity index (χ1v) is 10.9. The third-order valence-corrected chi connectivity index (χ3v) is 5.54. The van der Waals surface area contributed by atoms with Crippen LogP contribution in [-0.4, -0.2) is 54.6 Å². The molecule has 1 N–H and O–H groups in total. The van der Waals surface area contributed by atoms with E-state index in [-0.39, 0.29) is 11.9 Å². The van der Waals surface area contributed by atoms with Crippen LogP contribution in [-0.2, 0) is 10.0 Å². The van der Waals surface area contributed by atoms with E-state index in [2.05, 4.69) is 14.7 Å². The molecule has 0 bridgehead atoms. The zero-order valence-corrected chi connectivity index (χ0v) is 16.2. The third kappa shape index (κ3) is 3.88. The van der Waals surface area contributed by atoms with Crippen molar-refractivity contribution in [3.05, 3.63) is 60.4 Å². The highest BCUT2D eigenvalue weighted by molar-refractivity contribution is 7.88. The molecule has 8 heteroatoms. The zero-order chi connectivity index (χ0) is 19.7. The highest BCUT2D eigenvalue weighted by atomic mass is 32.2. The van der Waals surface area contributed by atoms with E-state index in [1.165, 1.54) is 0 Å². The number of nitrogens with one attached hydrogen (secondary N) is 1. The minimum absolute atomic E-state index is 0.119. The Hall–Kier alpha value is -2.84. The topological polar surface area (TPSA) is 92.3 Å². The Balaban J connectivity index is 1.71. The number of sulfonamides is 1. The van der Waals surface area contributed by atoms with Crippen molar-refractivity contribution in [3.63, 3.8) is 0 Å². The molecule has 7 nitrogen and oxygen atoms in total. The van der Waals surface area contributed by atoms with Crippen LogP contribution >= 0.6 is 0 Å². The first kappa shape index (κ1) is 18.5. The fourth-order valence-electron chi connectivity index (χ4n) is 3.54. The predicted molar refractivity (Wildman–Crippen MR) is 107 cm³/mol. The van der Waals surface area contributed by atoms with Gasteiger partial charge in [-0.05, 0) is 30.7 Å². The summed E-state index contributed by atoms with van der Waals surface area (Å²) in [5, 5.41) is 0.782. The molecule has 1 amide bonds. The lowest BCUT2D eigenvalue weighted by Gasteiger charge is -2.18. The highest BCUT2D eigenvalue weighted by Gasteiger charge is 2.29. The van der Waals surface area contributed by atoms with Crippen molar-refractivity contribution in [2.45, 2.75) is 12.5 Å². The molecule has 1 unspecified atom stereocenters. The Morgan fingerprint density at radius 1 is 1.18 bits per heavy atom. The Morgan fingerprint density at radius 2 is 1.93 bits per heavy atom. The Labute approximate surface area is 163 Å². The predicted octanol–water partition coefficient (Wildman–Crippen LogP) is 2.06. The minimum atomic E-state index is -3.30. The first-order valence-electron chi connectivity index (χ1n) is 8.97. The number of hydrogen-bond donors (Lipinski definition) is 1. The summed E-state index contributed by atoms with van der Waals surface area (Å²) in [6.45, 7) is 0.862. The lowest BCUT2D eigenvalue weighted by atomic mass is 10.0. The Kier molecular flexibility index (Phi) is 4.82. The molecule has 0 radical (unpaired) electrons. The number of para-hydroxylation sites is 1. The van der Waals surface area contributed by atoms with Crippen molar-refractivity contribution in [1.29, 1.82) is 0 Å². The molecule has 2 aromatic heterocycles. The van der Waals surface area contributed by atoms with Gasteiger partial charge in [0, 0.05) is 42.5 Å². The molecule has 4 rings (SSSR count). The lowest BCUT2D eigenvalue weighted by molar-refractivity contribution is 0.0792. The average Bonchev–Trinajstić information content (AvgIpc) is 3.14. The number of aromatic nitrogens is 2. The lowest BCUT2D eigenvalue weighted by Crippen LogP contribution is -2.37. The molecule has 3 aromatic rings. The molecule has 3 heterocycles. The smallest absolute Gasteiger partial charge is 0.254 e. The quantitative estimate of drug-likeness (QED) is 0.729. The van der Waals surface area contributed by atoms with Crippen molar-refractivity contribution in [2.24, 2.45) is 0 Å². The largest absolute Gasteiger partial charge is 0.337 e. The van der Waals surface area contributed by atoms with Crippen LogP contribution in [0.25, 0.3) is 22.2 Å². The minimum Gasteiger partial charge on any atom is -0.337 e. The van der Waals surface area contributed by atoms with Crippen LogP contribution in [0.4, 0.5) is 0 Å². The molecule has 144 valence electrons. The molecule has 28 heavy (non-hydrogen) atoms. The summed E-state index contributed by atoms with van der Waals surface area (Å²) in [6.07, 6.45) is 5.11. The molecule has 0 aliphatic carbocycles. The maximum Gasteiger partial charge on any atom is 0.254 e. The van der Waals surface area contributed by atoms with E-state index >= 15 is 0 Å². The first-order chi connectivity index (χ1) is 13.4. The highest BCUT2D eigenvalue weighted by Crippen LogP contribution is 2.26. The maximum atomic E-state index is 13.3. The molecular weight excluding hydrogens is 376 g/mol. The number of rotatable bonds is 4. The second-order valence-electron chi connectivity index (χ2n) is 6.93. The normalized spacial score (nSPS) is 17.2. The summed E-state index contributed by atoms with van der Waals surface area (Å²) < 4.78 is 25.6. The molecule has 1 fully saturated rings. The van der Waals surface area contributed by atoms with Crippen LogP contribution in [0, 0.1) is 0 Å². The van der Waals surface area contributed by atoms with Gasteiger partial charge >= 0.3 is 0 Å². The zero-order valence-electron chi connectivity index (χ0n) is 15.4. The molecule has 0 spiro atoms. The number of hydrogen-bond acceptors (Lipinski definition) is 5. The molecule has 1 saturated heterocycles. The summed E-state index contributed by atoms with van der Waals surface area (Å²) in [4.78, 5) is 23.7. The van der Waals surface area contributed by atoms with E-state index in [0.717, 1.165) is 22.7 Å². The molecule has 1 aliphatic heterocycles. The van der Waals surface area contributed by atoms with Crippen molar-refractivity contribution >= 4 is 26.8 Å². The van der Waals surface area contributed by atoms with Gasteiger partial charge in [-0.1, -0.05) is 18.2 Å². The van der Waals surface area contributed by atoms with E-state index in [1.54, 1.807) is 23.4 Å². The van der Waals surface area contributed by atoms with Gasteiger partial charge in [-0.25, -0.2) is 18.1 Å². The number of carbonyl (C=O) groups is 1. The van der Waals surface area contributed by atoms with Gasteiger partial charge in [0.25, 0.3) is 5.91 Å². The molecule has 1 aliphatic rings. The summed E-state index contributed by atoms with van der Waals surface area (Å²) in [7, 11) is -3.30. The van der Waals surface area contributed by atoms with Crippen LogP contribution < -0.4 is 4.72 Å². The number of benzene rings is 1. The van der Waals surface area contributed by atoms with Crippen LogP contribution in [0.2, 0.25) is 0 Å².